The van der Waals surface area contributed by atoms with Crippen LogP contribution in [0.4, 0.5) is 0 Å². The lowest BCUT2D eigenvalue weighted by atomic mass is 10.1. The fourth-order valence-electron chi connectivity index (χ4n) is 4.22. The summed E-state index contributed by atoms with van der Waals surface area (Å²) < 4.78 is 11.1. The number of fused-ring (bicyclic) bond motifs is 1. The maximum absolute atomic E-state index is 12.8. The van der Waals surface area contributed by atoms with Crippen molar-refractivity contribution in [3.05, 3.63) is 42.2 Å². The molecule has 2 saturated heterocycles. The smallest absolute Gasteiger partial charge is 0.257 e. The molecule has 136 valence electrons. The molecule has 1 amide bonds. The van der Waals surface area contributed by atoms with Crippen LogP contribution < -0.4 is 5.32 Å². The lowest BCUT2D eigenvalue weighted by molar-refractivity contribution is -0.0581. The highest BCUT2D eigenvalue weighted by molar-refractivity contribution is 5.99. The molecule has 6 heteroatoms. The molecule has 1 aromatic heterocycles. The number of nitrogens with one attached hydrogen (secondary N) is 1. The second-order valence-corrected chi connectivity index (χ2v) is 7.67. The molecule has 1 aliphatic carbocycles. The number of benzene rings is 1. The molecule has 2 aromatic rings. The average molecular weight is 353 g/mol. The van der Waals surface area contributed by atoms with Gasteiger partial charge >= 0.3 is 0 Å². The first kappa shape index (κ1) is 16.0. The minimum atomic E-state index is -0.116. The van der Waals surface area contributed by atoms with Crippen LogP contribution in [-0.2, 0) is 4.74 Å². The molecule has 0 radical (unpaired) electrons. The second-order valence-electron chi connectivity index (χ2n) is 7.67. The summed E-state index contributed by atoms with van der Waals surface area (Å²) in [5.41, 5.74) is 1.97. The van der Waals surface area contributed by atoms with E-state index < -0.39 is 0 Å². The van der Waals surface area contributed by atoms with Crippen molar-refractivity contribution >= 4 is 5.91 Å². The van der Waals surface area contributed by atoms with Gasteiger partial charge in [0.05, 0.1) is 12.7 Å². The Balaban J connectivity index is 1.25. The number of carbonyl (C=O) groups excluding carboxylic acids is 1. The van der Waals surface area contributed by atoms with E-state index in [1.54, 1.807) is 0 Å². The van der Waals surface area contributed by atoms with E-state index in [0.717, 1.165) is 37.6 Å². The van der Waals surface area contributed by atoms with Gasteiger partial charge in [-0.1, -0.05) is 35.5 Å². The van der Waals surface area contributed by atoms with Gasteiger partial charge in [-0.3, -0.25) is 9.69 Å². The van der Waals surface area contributed by atoms with Gasteiger partial charge in [0.25, 0.3) is 5.91 Å². The molecule has 0 spiro atoms. The number of hydrogen-bond acceptors (Lipinski definition) is 5. The summed E-state index contributed by atoms with van der Waals surface area (Å²) in [4.78, 5) is 15.3. The van der Waals surface area contributed by atoms with Crippen LogP contribution in [0.25, 0.3) is 11.3 Å². The highest BCUT2D eigenvalue weighted by Crippen LogP contribution is 2.38. The third kappa shape index (κ3) is 3.04. The van der Waals surface area contributed by atoms with E-state index in [-0.39, 0.29) is 11.9 Å². The van der Waals surface area contributed by atoms with Crippen molar-refractivity contribution in [2.24, 2.45) is 5.92 Å². The number of carbonyl (C=O) groups is 1. The van der Waals surface area contributed by atoms with Gasteiger partial charge in [0, 0.05) is 30.7 Å². The van der Waals surface area contributed by atoms with Crippen LogP contribution in [0.2, 0.25) is 0 Å². The summed E-state index contributed by atoms with van der Waals surface area (Å²) in [7, 11) is 0. The molecule has 2 aliphatic heterocycles. The SMILES string of the molecule is O=C(N[C@H]1C[C@H]2CO[C@@H](C3CC3)CN2C1)c1conc1-c1ccccc1. The summed E-state index contributed by atoms with van der Waals surface area (Å²) in [6.07, 6.45) is 5.38. The highest BCUT2D eigenvalue weighted by Gasteiger charge is 2.42. The molecule has 0 unspecified atom stereocenters. The molecule has 3 atom stereocenters. The van der Waals surface area contributed by atoms with Crippen molar-refractivity contribution in [1.29, 1.82) is 0 Å². The van der Waals surface area contributed by atoms with Gasteiger partial charge in [-0.15, -0.1) is 0 Å². The molecule has 1 saturated carbocycles. The van der Waals surface area contributed by atoms with Gasteiger partial charge in [0.2, 0.25) is 0 Å². The highest BCUT2D eigenvalue weighted by atomic mass is 16.5. The first-order valence-corrected chi connectivity index (χ1v) is 9.44. The van der Waals surface area contributed by atoms with Gasteiger partial charge in [-0.2, -0.15) is 0 Å². The number of amides is 1. The fourth-order valence-corrected chi connectivity index (χ4v) is 4.22. The van der Waals surface area contributed by atoms with E-state index in [4.69, 9.17) is 9.26 Å². The van der Waals surface area contributed by atoms with Crippen molar-refractivity contribution < 1.29 is 14.1 Å². The van der Waals surface area contributed by atoms with E-state index in [2.05, 4.69) is 15.4 Å². The number of ether oxygens (including phenoxy) is 1. The Hall–Kier alpha value is -2.18. The van der Waals surface area contributed by atoms with Crippen LogP contribution >= 0.6 is 0 Å². The number of rotatable bonds is 4. The summed E-state index contributed by atoms with van der Waals surface area (Å²) in [6.45, 7) is 2.69. The van der Waals surface area contributed by atoms with E-state index in [0.29, 0.717) is 23.4 Å². The predicted octanol–water partition coefficient (Wildman–Crippen LogP) is 2.32. The monoisotopic (exact) mass is 353 g/mol. The van der Waals surface area contributed by atoms with Crippen molar-refractivity contribution in [2.75, 3.05) is 19.7 Å². The normalized spacial score (nSPS) is 28.7. The third-order valence-corrected chi connectivity index (χ3v) is 5.79. The second kappa shape index (κ2) is 6.52. The quantitative estimate of drug-likeness (QED) is 0.914. The van der Waals surface area contributed by atoms with Crippen LogP contribution in [0.5, 0.6) is 0 Å². The molecule has 3 aliphatic rings. The van der Waals surface area contributed by atoms with Crippen LogP contribution in [0, 0.1) is 5.92 Å². The standard InChI is InChI=1S/C20H23N3O3/c24-20(17-12-26-22-19(17)14-4-2-1-3-5-14)21-15-8-16-11-25-18(13-6-7-13)10-23(16)9-15/h1-5,12-13,15-16,18H,6-11H2,(H,21,24)/t15-,16-,18+/m0/s1. The number of morpholine rings is 1. The molecular weight excluding hydrogens is 330 g/mol. The summed E-state index contributed by atoms with van der Waals surface area (Å²) in [6, 6.07) is 10.2. The van der Waals surface area contributed by atoms with E-state index in [1.807, 2.05) is 30.3 Å². The number of hydrogen-bond donors (Lipinski definition) is 1. The fraction of sp³-hybridized carbons (Fsp3) is 0.500. The zero-order chi connectivity index (χ0) is 17.5. The minimum absolute atomic E-state index is 0.116. The summed E-state index contributed by atoms with van der Waals surface area (Å²) >= 11 is 0. The molecule has 26 heavy (non-hydrogen) atoms. The Bertz CT molecular complexity index is 787. The molecular formula is C20H23N3O3. The molecule has 5 rings (SSSR count). The third-order valence-electron chi connectivity index (χ3n) is 5.79. The summed E-state index contributed by atoms with van der Waals surface area (Å²) in [5.74, 6) is 0.643. The van der Waals surface area contributed by atoms with E-state index in [9.17, 15) is 4.79 Å². The van der Waals surface area contributed by atoms with Gasteiger partial charge in [0.15, 0.2) is 0 Å². The topological polar surface area (TPSA) is 67.6 Å². The lowest BCUT2D eigenvalue weighted by Crippen LogP contribution is -2.47. The van der Waals surface area contributed by atoms with Crippen molar-refractivity contribution in [3.63, 3.8) is 0 Å². The van der Waals surface area contributed by atoms with Crippen LogP contribution in [0.3, 0.4) is 0 Å². The Morgan fingerprint density at radius 2 is 2.04 bits per heavy atom. The van der Waals surface area contributed by atoms with Crippen LogP contribution in [0.1, 0.15) is 29.6 Å². The predicted molar refractivity (Wildman–Crippen MR) is 95.6 cm³/mol. The van der Waals surface area contributed by atoms with Gasteiger partial charge < -0.3 is 14.6 Å². The number of aromatic nitrogens is 1. The molecule has 1 N–H and O–H groups in total. The average Bonchev–Trinajstić information content (AvgIpc) is 3.26. The minimum Gasteiger partial charge on any atom is -0.375 e. The molecule has 3 heterocycles. The zero-order valence-corrected chi connectivity index (χ0v) is 14.6. The Morgan fingerprint density at radius 3 is 2.85 bits per heavy atom. The molecule has 3 fully saturated rings. The lowest BCUT2D eigenvalue weighted by Gasteiger charge is -2.35. The van der Waals surface area contributed by atoms with Crippen LogP contribution in [-0.4, -0.2) is 53.8 Å². The Labute approximate surface area is 152 Å². The molecule has 1 aromatic carbocycles. The van der Waals surface area contributed by atoms with E-state index in [1.165, 1.54) is 19.1 Å². The Kier molecular flexibility index (Phi) is 4.02. The van der Waals surface area contributed by atoms with E-state index >= 15 is 0 Å². The largest absolute Gasteiger partial charge is 0.375 e. The first-order valence-electron chi connectivity index (χ1n) is 9.44. The van der Waals surface area contributed by atoms with Crippen molar-refractivity contribution in [1.82, 2.24) is 15.4 Å². The molecule has 6 nitrogen and oxygen atoms in total. The van der Waals surface area contributed by atoms with Gasteiger partial charge in [-0.05, 0) is 25.2 Å². The van der Waals surface area contributed by atoms with Crippen LogP contribution in [0.15, 0.2) is 41.1 Å². The summed E-state index contributed by atoms with van der Waals surface area (Å²) in [5, 5.41) is 7.20. The Morgan fingerprint density at radius 1 is 1.19 bits per heavy atom. The van der Waals surface area contributed by atoms with Crippen molar-refractivity contribution in [2.45, 2.75) is 37.5 Å². The number of nitrogens with zero attached hydrogens (tertiary/aromatic N) is 2. The maximum Gasteiger partial charge on any atom is 0.257 e. The zero-order valence-electron chi connectivity index (χ0n) is 14.6. The first-order chi connectivity index (χ1) is 12.8. The van der Waals surface area contributed by atoms with Crippen molar-refractivity contribution in [3.8, 4) is 11.3 Å². The molecule has 0 bridgehead atoms. The van der Waals surface area contributed by atoms with Gasteiger partial charge in [-0.25, -0.2) is 0 Å². The van der Waals surface area contributed by atoms with Gasteiger partial charge in [0.1, 0.15) is 17.5 Å². The maximum atomic E-state index is 12.8.